The number of ether oxygens (including phenoxy) is 1. The van der Waals surface area contributed by atoms with E-state index in [0.29, 0.717) is 6.54 Å². The third kappa shape index (κ3) is 3.93. The summed E-state index contributed by atoms with van der Waals surface area (Å²) in [7, 11) is 0. The maximum Gasteiger partial charge on any atom is 0.119 e. The number of rotatable bonds is 7. The quantitative estimate of drug-likeness (QED) is 0.785. The fraction of sp³-hybridized carbons (Fsp3) is 0.667. The summed E-state index contributed by atoms with van der Waals surface area (Å²) in [5.41, 5.74) is 8.41. The van der Waals surface area contributed by atoms with Crippen LogP contribution in [-0.4, -0.2) is 50.8 Å². The van der Waals surface area contributed by atoms with Gasteiger partial charge in [0.2, 0.25) is 0 Å². The second-order valence-corrected chi connectivity index (χ2v) is 6.42. The van der Waals surface area contributed by atoms with Gasteiger partial charge in [-0.1, -0.05) is 6.42 Å². The highest BCUT2D eigenvalue weighted by Gasteiger charge is 2.18. The molecule has 4 nitrogen and oxygen atoms in total. The Morgan fingerprint density at radius 3 is 2.73 bits per heavy atom. The molecule has 0 aliphatic carbocycles. The highest BCUT2D eigenvalue weighted by atomic mass is 16.5. The Kier molecular flexibility index (Phi) is 5.57. The van der Waals surface area contributed by atoms with Gasteiger partial charge in [-0.3, -0.25) is 0 Å². The molecule has 1 aromatic rings. The number of hydrogen-bond acceptors (Lipinski definition) is 4. The van der Waals surface area contributed by atoms with Gasteiger partial charge in [-0.05, 0) is 62.5 Å². The van der Waals surface area contributed by atoms with Crippen molar-refractivity contribution in [3.8, 4) is 5.75 Å². The molecule has 1 saturated heterocycles. The lowest BCUT2D eigenvalue weighted by molar-refractivity contribution is 0.205. The molecular formula is C18H29N3O. The lowest BCUT2D eigenvalue weighted by atomic mass is 10.1. The van der Waals surface area contributed by atoms with Crippen LogP contribution in [0.3, 0.4) is 0 Å². The summed E-state index contributed by atoms with van der Waals surface area (Å²) >= 11 is 0. The Hall–Kier alpha value is -1.26. The van der Waals surface area contributed by atoms with Crippen LogP contribution in [0, 0.1) is 0 Å². The molecule has 0 unspecified atom stereocenters. The van der Waals surface area contributed by atoms with E-state index >= 15 is 0 Å². The highest BCUT2D eigenvalue weighted by molar-refractivity contribution is 5.60. The number of nitrogens with zero attached hydrogens (tertiary/aromatic N) is 2. The first-order valence-electron chi connectivity index (χ1n) is 8.80. The van der Waals surface area contributed by atoms with Crippen LogP contribution in [0.4, 0.5) is 5.69 Å². The average molecular weight is 303 g/mol. The molecule has 2 heterocycles. The van der Waals surface area contributed by atoms with Crippen molar-refractivity contribution in [2.24, 2.45) is 5.73 Å². The standard InChI is InChI=1S/C18H29N3O/c19-8-13-21-12-7-16-15-17(5-6-18(16)21)22-14-4-11-20-9-2-1-3-10-20/h5-6,15H,1-4,7-14,19H2. The summed E-state index contributed by atoms with van der Waals surface area (Å²) in [6.45, 7) is 7.30. The molecule has 0 amide bonds. The zero-order valence-electron chi connectivity index (χ0n) is 13.6. The van der Waals surface area contributed by atoms with E-state index in [-0.39, 0.29) is 0 Å². The van der Waals surface area contributed by atoms with Gasteiger partial charge in [0.25, 0.3) is 0 Å². The largest absolute Gasteiger partial charge is 0.494 e. The normalized spacial score (nSPS) is 18.5. The molecule has 4 heteroatoms. The van der Waals surface area contributed by atoms with Crippen molar-refractivity contribution in [2.45, 2.75) is 32.1 Å². The maximum atomic E-state index is 5.95. The minimum atomic E-state index is 0.716. The molecule has 0 atom stereocenters. The number of likely N-dealkylation sites (tertiary alicyclic amines) is 1. The fourth-order valence-electron chi connectivity index (χ4n) is 3.59. The number of piperidine rings is 1. The Bertz CT molecular complexity index is 471. The second kappa shape index (κ2) is 7.84. The van der Waals surface area contributed by atoms with Gasteiger partial charge in [-0.15, -0.1) is 0 Å². The number of hydrogen-bond donors (Lipinski definition) is 1. The predicted octanol–water partition coefficient (Wildman–Crippen LogP) is 2.26. The van der Waals surface area contributed by atoms with E-state index in [1.165, 1.54) is 50.1 Å². The van der Waals surface area contributed by atoms with Gasteiger partial charge in [-0.2, -0.15) is 0 Å². The van der Waals surface area contributed by atoms with Crippen molar-refractivity contribution in [3.05, 3.63) is 23.8 Å². The van der Waals surface area contributed by atoms with Crippen LogP contribution in [0.25, 0.3) is 0 Å². The smallest absolute Gasteiger partial charge is 0.119 e. The molecule has 0 aromatic heterocycles. The lowest BCUT2D eigenvalue weighted by Crippen LogP contribution is -2.31. The first-order chi connectivity index (χ1) is 10.9. The summed E-state index contributed by atoms with van der Waals surface area (Å²) in [6.07, 6.45) is 6.37. The topological polar surface area (TPSA) is 41.7 Å². The molecule has 0 radical (unpaired) electrons. The van der Waals surface area contributed by atoms with Crippen molar-refractivity contribution in [1.82, 2.24) is 4.90 Å². The molecule has 2 aliphatic rings. The van der Waals surface area contributed by atoms with Crippen LogP contribution >= 0.6 is 0 Å². The van der Waals surface area contributed by atoms with Gasteiger partial charge in [0.15, 0.2) is 0 Å². The number of nitrogens with two attached hydrogens (primary N) is 1. The monoisotopic (exact) mass is 303 g/mol. The Labute approximate surface area is 134 Å². The molecular weight excluding hydrogens is 274 g/mol. The number of fused-ring (bicyclic) bond motifs is 1. The van der Waals surface area contributed by atoms with E-state index in [0.717, 1.165) is 38.3 Å². The summed E-state index contributed by atoms with van der Waals surface area (Å²) < 4.78 is 5.95. The van der Waals surface area contributed by atoms with E-state index in [9.17, 15) is 0 Å². The van der Waals surface area contributed by atoms with E-state index in [1.807, 2.05) is 0 Å². The third-order valence-corrected chi connectivity index (χ3v) is 4.78. The van der Waals surface area contributed by atoms with Crippen molar-refractivity contribution < 1.29 is 4.74 Å². The summed E-state index contributed by atoms with van der Waals surface area (Å²) in [5, 5.41) is 0. The van der Waals surface area contributed by atoms with E-state index in [1.54, 1.807) is 0 Å². The zero-order valence-corrected chi connectivity index (χ0v) is 13.6. The molecule has 22 heavy (non-hydrogen) atoms. The van der Waals surface area contributed by atoms with Gasteiger partial charge in [0.05, 0.1) is 6.61 Å². The van der Waals surface area contributed by atoms with Crippen LogP contribution in [0.2, 0.25) is 0 Å². The SMILES string of the molecule is NCCN1CCc2cc(OCCCN3CCCCC3)ccc21. The number of benzene rings is 1. The predicted molar refractivity (Wildman–Crippen MR) is 91.8 cm³/mol. The van der Waals surface area contributed by atoms with Crippen LogP contribution in [0.15, 0.2) is 18.2 Å². The van der Waals surface area contributed by atoms with Crippen LogP contribution in [0.5, 0.6) is 5.75 Å². The molecule has 0 spiro atoms. The first kappa shape index (κ1) is 15.6. The van der Waals surface area contributed by atoms with E-state index in [4.69, 9.17) is 10.5 Å². The molecule has 1 aromatic carbocycles. The van der Waals surface area contributed by atoms with Crippen molar-refractivity contribution in [3.63, 3.8) is 0 Å². The van der Waals surface area contributed by atoms with Gasteiger partial charge in [0.1, 0.15) is 5.75 Å². The molecule has 0 saturated carbocycles. The van der Waals surface area contributed by atoms with Gasteiger partial charge < -0.3 is 20.3 Å². The Balaban J connectivity index is 1.43. The van der Waals surface area contributed by atoms with Crippen LogP contribution < -0.4 is 15.4 Å². The summed E-state index contributed by atoms with van der Waals surface area (Å²) in [5.74, 6) is 1.02. The maximum absolute atomic E-state index is 5.95. The average Bonchev–Trinajstić information content (AvgIpc) is 2.95. The molecule has 1 fully saturated rings. The minimum Gasteiger partial charge on any atom is -0.494 e. The van der Waals surface area contributed by atoms with E-state index < -0.39 is 0 Å². The Morgan fingerprint density at radius 2 is 1.91 bits per heavy atom. The highest BCUT2D eigenvalue weighted by Crippen LogP contribution is 2.30. The number of anilines is 1. The molecule has 2 aliphatic heterocycles. The van der Waals surface area contributed by atoms with E-state index in [2.05, 4.69) is 28.0 Å². The van der Waals surface area contributed by atoms with Crippen molar-refractivity contribution in [1.29, 1.82) is 0 Å². The fourth-order valence-corrected chi connectivity index (χ4v) is 3.59. The van der Waals surface area contributed by atoms with Crippen LogP contribution in [-0.2, 0) is 6.42 Å². The third-order valence-electron chi connectivity index (χ3n) is 4.78. The van der Waals surface area contributed by atoms with Gasteiger partial charge in [0, 0.05) is 31.9 Å². The molecule has 0 bridgehead atoms. The minimum absolute atomic E-state index is 0.716. The molecule has 3 rings (SSSR count). The van der Waals surface area contributed by atoms with Gasteiger partial charge >= 0.3 is 0 Å². The molecule has 2 N–H and O–H groups in total. The Morgan fingerprint density at radius 1 is 1.05 bits per heavy atom. The summed E-state index contributed by atoms with van der Waals surface area (Å²) in [4.78, 5) is 4.94. The molecule has 122 valence electrons. The van der Waals surface area contributed by atoms with Gasteiger partial charge in [-0.25, -0.2) is 0 Å². The van der Waals surface area contributed by atoms with Crippen LogP contribution in [0.1, 0.15) is 31.2 Å². The second-order valence-electron chi connectivity index (χ2n) is 6.42. The lowest BCUT2D eigenvalue weighted by Gasteiger charge is -2.26. The van der Waals surface area contributed by atoms with Crippen molar-refractivity contribution in [2.75, 3.05) is 50.8 Å². The first-order valence-corrected chi connectivity index (χ1v) is 8.80. The summed E-state index contributed by atoms with van der Waals surface area (Å²) in [6, 6.07) is 6.51. The van der Waals surface area contributed by atoms with Crippen molar-refractivity contribution >= 4 is 5.69 Å². The zero-order chi connectivity index (χ0) is 15.2.